The van der Waals surface area contributed by atoms with E-state index in [1.54, 1.807) is 0 Å². The molecule has 3 aromatic rings. The average molecular weight is 213 g/mol. The number of rotatable bonds is 0. The molecular formula is C12H11N3O. The van der Waals surface area contributed by atoms with Gasteiger partial charge in [0.15, 0.2) is 5.82 Å². The van der Waals surface area contributed by atoms with Crippen LogP contribution in [0.15, 0.2) is 22.7 Å². The van der Waals surface area contributed by atoms with Crippen LogP contribution in [0.5, 0.6) is 0 Å². The van der Waals surface area contributed by atoms with Crippen LogP contribution in [-0.2, 0) is 0 Å². The molecule has 0 aliphatic rings. The highest BCUT2D eigenvalue weighted by atomic mass is 16.5. The predicted octanol–water partition coefficient (Wildman–Crippen LogP) is 2.58. The van der Waals surface area contributed by atoms with Crippen molar-refractivity contribution < 1.29 is 4.52 Å². The van der Waals surface area contributed by atoms with Crippen LogP contribution in [0.1, 0.15) is 11.1 Å². The largest absolute Gasteiger partial charge is 0.380 e. The van der Waals surface area contributed by atoms with Gasteiger partial charge in [0.1, 0.15) is 0 Å². The Kier molecular flexibility index (Phi) is 1.68. The molecule has 0 aliphatic heterocycles. The monoisotopic (exact) mass is 213 g/mol. The lowest BCUT2D eigenvalue weighted by Gasteiger charge is -2.02. The number of hydrogen-bond acceptors (Lipinski definition) is 4. The van der Waals surface area contributed by atoms with Crippen LogP contribution in [-0.4, -0.2) is 10.1 Å². The van der Waals surface area contributed by atoms with Crippen molar-refractivity contribution in [3.8, 4) is 0 Å². The van der Waals surface area contributed by atoms with E-state index in [2.05, 4.69) is 23.1 Å². The van der Waals surface area contributed by atoms with Crippen LogP contribution in [0.25, 0.3) is 22.0 Å². The molecule has 4 heteroatoms. The first-order valence-electron chi connectivity index (χ1n) is 5.08. The van der Waals surface area contributed by atoms with Gasteiger partial charge < -0.3 is 10.3 Å². The van der Waals surface area contributed by atoms with Gasteiger partial charge >= 0.3 is 0 Å². The molecule has 4 nitrogen and oxygen atoms in total. The number of fused-ring (bicyclic) bond motifs is 2. The smallest absolute Gasteiger partial charge is 0.260 e. The van der Waals surface area contributed by atoms with Crippen molar-refractivity contribution in [1.29, 1.82) is 0 Å². The van der Waals surface area contributed by atoms with Gasteiger partial charge in [-0.25, -0.2) is 4.98 Å². The van der Waals surface area contributed by atoms with E-state index in [0.29, 0.717) is 11.5 Å². The number of nitrogen functional groups attached to an aromatic ring is 1. The highest BCUT2D eigenvalue weighted by Crippen LogP contribution is 2.26. The van der Waals surface area contributed by atoms with Crippen LogP contribution in [0.3, 0.4) is 0 Å². The highest BCUT2D eigenvalue weighted by molar-refractivity contribution is 5.96. The van der Waals surface area contributed by atoms with E-state index < -0.39 is 0 Å². The Labute approximate surface area is 92.0 Å². The van der Waals surface area contributed by atoms with Gasteiger partial charge in [0.05, 0.1) is 10.9 Å². The molecule has 16 heavy (non-hydrogen) atoms. The Morgan fingerprint density at radius 1 is 1.12 bits per heavy atom. The summed E-state index contributed by atoms with van der Waals surface area (Å²) in [5.41, 5.74) is 9.49. The minimum absolute atomic E-state index is 0.393. The van der Waals surface area contributed by atoms with E-state index in [4.69, 9.17) is 10.3 Å². The summed E-state index contributed by atoms with van der Waals surface area (Å²) in [6, 6.07) is 6.14. The molecule has 0 unspecified atom stereocenters. The van der Waals surface area contributed by atoms with Crippen LogP contribution in [0.4, 0.5) is 5.82 Å². The summed E-state index contributed by atoms with van der Waals surface area (Å²) < 4.78 is 5.05. The molecule has 3 rings (SSSR count). The summed E-state index contributed by atoms with van der Waals surface area (Å²) in [6.07, 6.45) is 0. The molecule has 1 aromatic carbocycles. The molecule has 0 aliphatic carbocycles. The van der Waals surface area contributed by atoms with Gasteiger partial charge in [0.2, 0.25) is 0 Å². The molecule has 0 radical (unpaired) electrons. The summed E-state index contributed by atoms with van der Waals surface area (Å²) in [5.74, 6) is 0.393. The van der Waals surface area contributed by atoms with Gasteiger partial charge in [-0.1, -0.05) is 11.2 Å². The fraction of sp³-hybridized carbons (Fsp3) is 0.167. The van der Waals surface area contributed by atoms with Gasteiger partial charge in [0, 0.05) is 5.39 Å². The van der Waals surface area contributed by atoms with Crippen LogP contribution >= 0.6 is 0 Å². The zero-order valence-electron chi connectivity index (χ0n) is 9.11. The maximum Gasteiger partial charge on any atom is 0.260 e. The van der Waals surface area contributed by atoms with Crippen molar-refractivity contribution in [3.05, 3.63) is 29.3 Å². The maximum atomic E-state index is 5.70. The SMILES string of the molecule is Cc1cc(C)c2cc3c(N)noc3nc2c1. The molecule has 0 bridgehead atoms. The lowest BCUT2D eigenvalue weighted by molar-refractivity contribution is 0.453. The van der Waals surface area contributed by atoms with Gasteiger partial charge in [-0.05, 0) is 37.1 Å². The fourth-order valence-electron chi connectivity index (χ4n) is 2.01. The highest BCUT2D eigenvalue weighted by Gasteiger charge is 2.09. The summed E-state index contributed by atoms with van der Waals surface area (Å²) in [5, 5.41) is 5.58. The number of aromatic nitrogens is 2. The van der Waals surface area contributed by atoms with E-state index in [1.807, 2.05) is 19.1 Å². The Morgan fingerprint density at radius 3 is 2.75 bits per heavy atom. The van der Waals surface area contributed by atoms with E-state index in [9.17, 15) is 0 Å². The lowest BCUT2D eigenvalue weighted by Crippen LogP contribution is -1.87. The average Bonchev–Trinajstić information content (AvgIpc) is 2.57. The first kappa shape index (κ1) is 9.15. The molecule has 0 fully saturated rings. The van der Waals surface area contributed by atoms with Gasteiger partial charge in [-0.2, -0.15) is 0 Å². The number of benzene rings is 1. The minimum Gasteiger partial charge on any atom is -0.380 e. The Bertz CT molecular complexity index is 700. The van der Waals surface area contributed by atoms with Gasteiger partial charge in [-0.15, -0.1) is 0 Å². The van der Waals surface area contributed by atoms with Crippen molar-refractivity contribution >= 4 is 27.8 Å². The Balaban J connectivity index is 2.53. The topological polar surface area (TPSA) is 64.9 Å². The zero-order chi connectivity index (χ0) is 11.3. The van der Waals surface area contributed by atoms with E-state index >= 15 is 0 Å². The van der Waals surface area contributed by atoms with Gasteiger partial charge in [-0.3, -0.25) is 0 Å². The first-order chi connectivity index (χ1) is 7.65. The predicted molar refractivity (Wildman–Crippen MR) is 63.2 cm³/mol. The van der Waals surface area contributed by atoms with E-state index in [0.717, 1.165) is 16.3 Å². The third-order valence-corrected chi connectivity index (χ3v) is 2.76. The molecule has 0 amide bonds. The number of pyridine rings is 1. The first-order valence-corrected chi connectivity index (χ1v) is 5.08. The molecular weight excluding hydrogens is 202 g/mol. The molecule has 0 saturated carbocycles. The zero-order valence-corrected chi connectivity index (χ0v) is 9.11. The van der Waals surface area contributed by atoms with Crippen molar-refractivity contribution in [2.24, 2.45) is 0 Å². The number of aryl methyl sites for hydroxylation is 2. The van der Waals surface area contributed by atoms with Crippen molar-refractivity contribution in [2.75, 3.05) is 5.73 Å². The van der Waals surface area contributed by atoms with E-state index in [-0.39, 0.29) is 0 Å². The number of nitrogens with two attached hydrogens (primary N) is 1. The van der Waals surface area contributed by atoms with Gasteiger partial charge in [0.25, 0.3) is 5.71 Å². The normalized spacial score (nSPS) is 11.4. The van der Waals surface area contributed by atoms with E-state index in [1.165, 1.54) is 11.1 Å². The number of hydrogen-bond donors (Lipinski definition) is 1. The van der Waals surface area contributed by atoms with Crippen LogP contribution in [0.2, 0.25) is 0 Å². The van der Waals surface area contributed by atoms with Crippen LogP contribution in [0, 0.1) is 13.8 Å². The third-order valence-electron chi connectivity index (χ3n) is 2.76. The summed E-state index contributed by atoms with van der Waals surface area (Å²) in [6.45, 7) is 4.11. The Hall–Kier alpha value is -2.10. The minimum atomic E-state index is 0.393. The number of anilines is 1. The summed E-state index contributed by atoms with van der Waals surface area (Å²) >= 11 is 0. The van der Waals surface area contributed by atoms with Crippen LogP contribution < -0.4 is 5.73 Å². The lowest BCUT2D eigenvalue weighted by atomic mass is 10.1. The van der Waals surface area contributed by atoms with Crippen molar-refractivity contribution in [1.82, 2.24) is 10.1 Å². The second-order valence-electron chi connectivity index (χ2n) is 4.06. The third kappa shape index (κ3) is 1.16. The second kappa shape index (κ2) is 2.95. The molecule has 80 valence electrons. The van der Waals surface area contributed by atoms with Crippen molar-refractivity contribution in [3.63, 3.8) is 0 Å². The summed E-state index contributed by atoms with van der Waals surface area (Å²) in [7, 11) is 0. The second-order valence-corrected chi connectivity index (χ2v) is 4.06. The summed E-state index contributed by atoms with van der Waals surface area (Å²) in [4.78, 5) is 4.41. The fourth-order valence-corrected chi connectivity index (χ4v) is 2.01. The van der Waals surface area contributed by atoms with Crippen molar-refractivity contribution in [2.45, 2.75) is 13.8 Å². The number of nitrogens with zero attached hydrogens (tertiary/aromatic N) is 2. The molecule has 0 saturated heterocycles. The Morgan fingerprint density at radius 2 is 1.94 bits per heavy atom. The molecule has 2 heterocycles. The maximum absolute atomic E-state index is 5.70. The molecule has 2 N–H and O–H groups in total. The molecule has 0 atom stereocenters. The standard InChI is InChI=1S/C12H11N3O/c1-6-3-7(2)8-5-9-11(13)15-16-12(9)14-10(8)4-6/h3-5H,1-2H3,(H2,13,15). The quantitative estimate of drug-likeness (QED) is 0.623. The molecule has 0 spiro atoms. The molecule has 2 aromatic heterocycles.